The number of allylic oxidation sites excluding steroid dienone is 1. The Morgan fingerprint density at radius 3 is 2.30 bits per heavy atom. The number of hydrogen-bond donors (Lipinski definition) is 3. The first-order chi connectivity index (χ1) is 4.63. The average Bonchev–Trinajstić information content (AvgIpc) is 1.88. The van der Waals surface area contributed by atoms with Crippen LogP contribution in [-0.4, -0.2) is 11.0 Å². The summed E-state index contributed by atoms with van der Waals surface area (Å²) in [6.45, 7) is 1.16. The highest BCUT2D eigenvalue weighted by molar-refractivity contribution is 5.92. The number of nitrogens with zero attached hydrogens (tertiary/aromatic N) is 1. The second-order valence-electron chi connectivity index (χ2n) is 1.50. The van der Waals surface area contributed by atoms with Gasteiger partial charge in [-0.05, 0) is 12.1 Å². The summed E-state index contributed by atoms with van der Waals surface area (Å²) in [5.74, 6) is 3.27. The van der Waals surface area contributed by atoms with Gasteiger partial charge in [-0.2, -0.15) is 0 Å². The van der Waals surface area contributed by atoms with Crippen LogP contribution < -0.4 is 11.3 Å². The SMILES string of the molecule is C/C(O)=C(\N=O)C(=O)NN. The van der Waals surface area contributed by atoms with Crippen LogP contribution in [0.15, 0.2) is 16.6 Å². The van der Waals surface area contributed by atoms with Crippen molar-refractivity contribution < 1.29 is 9.90 Å². The molecule has 0 atom stereocenters. The highest BCUT2D eigenvalue weighted by atomic mass is 16.3. The van der Waals surface area contributed by atoms with E-state index in [2.05, 4.69) is 11.0 Å². The molecule has 56 valence electrons. The predicted octanol–water partition coefficient (Wildman–Crippen LogP) is -0.468. The number of rotatable bonds is 2. The number of nitrogens with two attached hydrogens (primary N) is 1. The zero-order chi connectivity index (χ0) is 8.15. The van der Waals surface area contributed by atoms with Crippen molar-refractivity contribution in [2.24, 2.45) is 11.0 Å². The summed E-state index contributed by atoms with van der Waals surface area (Å²) >= 11 is 0. The third-order valence-electron chi connectivity index (χ3n) is 0.780. The Hall–Kier alpha value is -1.43. The zero-order valence-electron chi connectivity index (χ0n) is 5.29. The number of nitroso groups, excluding NO2 is 1. The Kier molecular flexibility index (Phi) is 3.06. The van der Waals surface area contributed by atoms with Crippen molar-refractivity contribution in [3.63, 3.8) is 0 Å². The van der Waals surface area contributed by atoms with E-state index in [1.165, 1.54) is 0 Å². The van der Waals surface area contributed by atoms with Crippen LogP contribution in [0, 0.1) is 4.91 Å². The van der Waals surface area contributed by atoms with Gasteiger partial charge in [0, 0.05) is 0 Å². The first-order valence-electron chi connectivity index (χ1n) is 2.37. The molecule has 0 aliphatic carbocycles. The average molecular weight is 145 g/mol. The summed E-state index contributed by atoms with van der Waals surface area (Å²) in [6, 6.07) is 0. The van der Waals surface area contributed by atoms with E-state index in [1.807, 2.05) is 0 Å². The smallest absolute Gasteiger partial charge is 0.290 e. The van der Waals surface area contributed by atoms with E-state index in [-0.39, 0.29) is 0 Å². The number of amides is 1. The fourth-order valence-electron chi connectivity index (χ4n) is 0.340. The maximum atomic E-state index is 10.4. The van der Waals surface area contributed by atoms with Gasteiger partial charge in [0.15, 0.2) is 0 Å². The predicted molar refractivity (Wildman–Crippen MR) is 33.5 cm³/mol. The quantitative estimate of drug-likeness (QED) is 0.122. The lowest BCUT2D eigenvalue weighted by Crippen LogP contribution is -2.31. The number of hydrogen-bond acceptors (Lipinski definition) is 5. The molecule has 0 aromatic heterocycles. The maximum absolute atomic E-state index is 10.4. The van der Waals surface area contributed by atoms with Crippen LogP contribution >= 0.6 is 0 Å². The lowest BCUT2D eigenvalue weighted by atomic mass is 10.4. The van der Waals surface area contributed by atoms with Crippen molar-refractivity contribution in [2.45, 2.75) is 6.92 Å². The van der Waals surface area contributed by atoms with E-state index in [9.17, 15) is 9.70 Å². The Labute approximate surface area is 56.7 Å². The van der Waals surface area contributed by atoms with Crippen LogP contribution in [0.25, 0.3) is 0 Å². The van der Waals surface area contributed by atoms with Gasteiger partial charge >= 0.3 is 0 Å². The minimum atomic E-state index is -0.907. The fraction of sp³-hybridized carbons (Fsp3) is 0.250. The van der Waals surface area contributed by atoms with E-state index < -0.39 is 17.4 Å². The molecule has 6 nitrogen and oxygen atoms in total. The first-order valence-corrected chi connectivity index (χ1v) is 2.37. The summed E-state index contributed by atoms with van der Waals surface area (Å²) in [5, 5.41) is 10.8. The molecule has 0 aromatic rings. The Balaban J connectivity index is 4.53. The Morgan fingerprint density at radius 2 is 2.20 bits per heavy atom. The molecular weight excluding hydrogens is 138 g/mol. The highest BCUT2D eigenvalue weighted by Crippen LogP contribution is 2.00. The second kappa shape index (κ2) is 3.57. The van der Waals surface area contributed by atoms with Crippen LogP contribution in [0.5, 0.6) is 0 Å². The van der Waals surface area contributed by atoms with Crippen LogP contribution in [0.2, 0.25) is 0 Å². The van der Waals surface area contributed by atoms with Crippen LogP contribution in [0.1, 0.15) is 6.92 Å². The monoisotopic (exact) mass is 145 g/mol. The number of carbonyl (C=O) groups excluding carboxylic acids is 1. The lowest BCUT2D eigenvalue weighted by Gasteiger charge is -1.95. The van der Waals surface area contributed by atoms with E-state index in [4.69, 9.17) is 5.11 Å². The van der Waals surface area contributed by atoms with E-state index in [0.717, 1.165) is 6.92 Å². The van der Waals surface area contributed by atoms with Gasteiger partial charge in [-0.25, -0.2) is 5.84 Å². The van der Waals surface area contributed by atoms with Crippen LogP contribution in [-0.2, 0) is 4.79 Å². The molecule has 0 spiro atoms. The Morgan fingerprint density at radius 1 is 1.70 bits per heavy atom. The molecule has 0 aromatic carbocycles. The van der Waals surface area contributed by atoms with Gasteiger partial charge < -0.3 is 5.11 Å². The summed E-state index contributed by atoms with van der Waals surface area (Å²) in [6.07, 6.45) is 0. The van der Waals surface area contributed by atoms with Gasteiger partial charge in [-0.15, -0.1) is 4.91 Å². The largest absolute Gasteiger partial charge is 0.510 e. The van der Waals surface area contributed by atoms with Gasteiger partial charge in [0.25, 0.3) is 5.91 Å². The molecule has 0 saturated carbocycles. The molecule has 0 radical (unpaired) electrons. The first kappa shape index (κ1) is 8.57. The molecular formula is C4H7N3O3. The number of aliphatic hydroxyl groups excluding tert-OH is 1. The van der Waals surface area contributed by atoms with Gasteiger partial charge in [-0.1, -0.05) is 0 Å². The van der Waals surface area contributed by atoms with Crippen molar-refractivity contribution in [2.75, 3.05) is 0 Å². The molecule has 4 N–H and O–H groups in total. The summed E-state index contributed by atoms with van der Waals surface area (Å²) in [7, 11) is 0. The van der Waals surface area contributed by atoms with Crippen LogP contribution in [0.4, 0.5) is 0 Å². The van der Waals surface area contributed by atoms with Crippen molar-refractivity contribution in [3.8, 4) is 0 Å². The third-order valence-corrected chi connectivity index (χ3v) is 0.780. The topological polar surface area (TPSA) is 105 Å². The molecule has 0 bridgehead atoms. The molecule has 0 aliphatic heterocycles. The van der Waals surface area contributed by atoms with E-state index in [0.29, 0.717) is 0 Å². The van der Waals surface area contributed by atoms with Crippen molar-refractivity contribution in [3.05, 3.63) is 16.4 Å². The van der Waals surface area contributed by atoms with Crippen LogP contribution in [0.3, 0.4) is 0 Å². The molecule has 0 heterocycles. The third kappa shape index (κ3) is 1.82. The second-order valence-corrected chi connectivity index (χ2v) is 1.50. The normalized spacial score (nSPS) is 11.8. The fourth-order valence-corrected chi connectivity index (χ4v) is 0.340. The molecule has 6 heteroatoms. The molecule has 0 aliphatic rings. The lowest BCUT2D eigenvalue weighted by molar-refractivity contribution is -0.117. The van der Waals surface area contributed by atoms with Gasteiger partial charge in [0.1, 0.15) is 5.76 Å². The molecule has 0 unspecified atom stereocenters. The maximum Gasteiger partial charge on any atom is 0.290 e. The number of carbonyl (C=O) groups is 1. The van der Waals surface area contributed by atoms with Crippen molar-refractivity contribution in [1.82, 2.24) is 5.43 Å². The zero-order valence-corrected chi connectivity index (χ0v) is 5.29. The molecule has 0 fully saturated rings. The molecule has 0 saturated heterocycles. The van der Waals surface area contributed by atoms with Crippen molar-refractivity contribution in [1.29, 1.82) is 0 Å². The summed E-state index contributed by atoms with van der Waals surface area (Å²) in [4.78, 5) is 20.2. The minimum Gasteiger partial charge on any atom is -0.510 e. The highest BCUT2D eigenvalue weighted by Gasteiger charge is 2.11. The molecule has 0 rings (SSSR count). The van der Waals surface area contributed by atoms with Gasteiger partial charge in [0.2, 0.25) is 5.70 Å². The van der Waals surface area contributed by atoms with E-state index in [1.54, 1.807) is 5.43 Å². The molecule has 1 amide bonds. The van der Waals surface area contributed by atoms with Crippen molar-refractivity contribution >= 4 is 5.91 Å². The number of aliphatic hydroxyl groups is 1. The minimum absolute atomic E-state index is 0.460. The summed E-state index contributed by atoms with van der Waals surface area (Å²) < 4.78 is 0. The van der Waals surface area contributed by atoms with Gasteiger partial charge in [-0.3, -0.25) is 10.2 Å². The van der Waals surface area contributed by atoms with E-state index >= 15 is 0 Å². The van der Waals surface area contributed by atoms with Gasteiger partial charge in [0.05, 0.1) is 0 Å². The Bertz CT molecular complexity index is 182. The standard InChI is InChI=1S/C4H7N3O3/c1-2(8)3(7-10)4(9)6-5/h8H,5H2,1H3,(H,6,9)/b3-2+. The molecule has 10 heavy (non-hydrogen) atoms. The number of nitrogens with one attached hydrogen (secondary N) is 1. The number of hydrazine groups is 1. The summed E-state index contributed by atoms with van der Waals surface area (Å²) in [5.41, 5.74) is 1.04.